The van der Waals surface area contributed by atoms with Crippen LogP contribution in [0.4, 0.5) is 10.5 Å². The van der Waals surface area contributed by atoms with Gasteiger partial charge in [0.25, 0.3) is 0 Å². The summed E-state index contributed by atoms with van der Waals surface area (Å²) in [7, 11) is 0. The normalized spacial score (nSPS) is 15.9. The van der Waals surface area contributed by atoms with E-state index in [1.807, 2.05) is 6.07 Å². The largest absolute Gasteiger partial charge is 0.493 e. The lowest BCUT2D eigenvalue weighted by Crippen LogP contribution is -2.46. The number of carbonyl (C=O) groups excluding carboxylic acids is 1. The van der Waals surface area contributed by atoms with Gasteiger partial charge in [-0.15, -0.1) is 0 Å². The Morgan fingerprint density at radius 1 is 0.935 bits per heavy atom. The summed E-state index contributed by atoms with van der Waals surface area (Å²) in [4.78, 5) is 17.0. The molecule has 4 rings (SSSR count). The molecular weight excluding hydrogens is 388 g/mol. The lowest BCUT2D eigenvalue weighted by atomic mass is 10.1. The van der Waals surface area contributed by atoms with Crippen LogP contribution >= 0.6 is 0 Å². The van der Waals surface area contributed by atoms with E-state index >= 15 is 0 Å². The molecule has 6 nitrogen and oxygen atoms in total. The van der Waals surface area contributed by atoms with Crippen molar-refractivity contribution >= 4 is 11.7 Å². The van der Waals surface area contributed by atoms with Crippen molar-refractivity contribution < 1.29 is 9.53 Å². The number of benzene rings is 2. The molecule has 1 saturated heterocycles. The van der Waals surface area contributed by atoms with Crippen LogP contribution in [-0.4, -0.2) is 63.4 Å². The van der Waals surface area contributed by atoms with Crippen LogP contribution in [-0.2, 0) is 12.8 Å². The number of para-hydroxylation sites is 1. The highest BCUT2D eigenvalue weighted by atomic mass is 16.5. The average Bonchev–Trinajstić information content (AvgIpc) is 3.28. The molecule has 0 aliphatic carbocycles. The van der Waals surface area contributed by atoms with Crippen molar-refractivity contribution in [1.82, 2.24) is 15.5 Å². The lowest BCUT2D eigenvalue weighted by molar-refractivity contribution is 0.238. The molecule has 1 fully saturated rings. The minimum absolute atomic E-state index is 0.0685. The number of rotatable bonds is 9. The Morgan fingerprint density at radius 2 is 1.74 bits per heavy atom. The summed E-state index contributed by atoms with van der Waals surface area (Å²) in [5.74, 6) is 1.01. The van der Waals surface area contributed by atoms with Gasteiger partial charge in [-0.1, -0.05) is 30.3 Å². The first-order valence-corrected chi connectivity index (χ1v) is 11.6. The van der Waals surface area contributed by atoms with Crippen molar-refractivity contribution in [3.05, 3.63) is 59.7 Å². The zero-order chi connectivity index (χ0) is 21.3. The van der Waals surface area contributed by atoms with Gasteiger partial charge in [0.15, 0.2) is 0 Å². The van der Waals surface area contributed by atoms with Gasteiger partial charge < -0.3 is 20.3 Å². The molecule has 2 aromatic carbocycles. The fourth-order valence-corrected chi connectivity index (χ4v) is 4.31. The standard InChI is InChI=1S/C25H34N4O2/c30-25(27-13-10-21-8-9-24-22(20-21)11-19-31-24)26-12-4-5-14-28-15-17-29(18-16-28)23-6-2-1-3-7-23/h1-3,6-9,20H,4-5,10-19H2,(H2,26,27,30). The maximum absolute atomic E-state index is 12.0. The van der Waals surface area contributed by atoms with Gasteiger partial charge in [0.1, 0.15) is 5.75 Å². The molecule has 2 amide bonds. The molecule has 0 bridgehead atoms. The van der Waals surface area contributed by atoms with Crippen molar-refractivity contribution in [3.63, 3.8) is 0 Å². The summed E-state index contributed by atoms with van der Waals surface area (Å²) in [5, 5.41) is 5.94. The molecule has 0 radical (unpaired) electrons. The first-order chi connectivity index (χ1) is 15.3. The number of hydrogen-bond acceptors (Lipinski definition) is 4. The molecule has 0 aromatic heterocycles. The van der Waals surface area contributed by atoms with Crippen LogP contribution < -0.4 is 20.3 Å². The molecule has 2 N–H and O–H groups in total. The van der Waals surface area contributed by atoms with Gasteiger partial charge in [0, 0.05) is 51.4 Å². The van der Waals surface area contributed by atoms with Crippen molar-refractivity contribution in [2.24, 2.45) is 0 Å². The first-order valence-electron chi connectivity index (χ1n) is 11.6. The Hall–Kier alpha value is -2.73. The highest BCUT2D eigenvalue weighted by Crippen LogP contribution is 2.25. The Kier molecular flexibility index (Phi) is 7.66. The number of piperazine rings is 1. The zero-order valence-electron chi connectivity index (χ0n) is 18.3. The van der Waals surface area contributed by atoms with Crippen LogP contribution in [0.3, 0.4) is 0 Å². The van der Waals surface area contributed by atoms with Crippen LogP contribution in [0, 0.1) is 0 Å². The van der Waals surface area contributed by atoms with Crippen molar-refractivity contribution in [3.8, 4) is 5.75 Å². The number of hydrogen-bond donors (Lipinski definition) is 2. The van der Waals surface area contributed by atoms with Gasteiger partial charge in [-0.25, -0.2) is 4.79 Å². The number of ether oxygens (including phenoxy) is 1. The molecule has 0 spiro atoms. The minimum Gasteiger partial charge on any atom is -0.493 e. The Balaban J connectivity index is 1.03. The second-order valence-corrected chi connectivity index (χ2v) is 8.34. The Labute approximate surface area is 185 Å². The molecule has 2 heterocycles. The number of unbranched alkanes of at least 4 members (excludes halogenated alkanes) is 1. The van der Waals surface area contributed by atoms with Crippen molar-refractivity contribution in [2.45, 2.75) is 25.7 Å². The fourth-order valence-electron chi connectivity index (χ4n) is 4.31. The van der Waals surface area contributed by atoms with Gasteiger partial charge in [0.05, 0.1) is 6.61 Å². The molecule has 0 atom stereocenters. The van der Waals surface area contributed by atoms with Crippen LogP contribution in [0.25, 0.3) is 0 Å². The maximum Gasteiger partial charge on any atom is 0.314 e. The van der Waals surface area contributed by atoms with Crippen LogP contribution in [0.5, 0.6) is 5.75 Å². The highest BCUT2D eigenvalue weighted by molar-refractivity contribution is 5.73. The van der Waals surface area contributed by atoms with E-state index in [2.05, 4.69) is 62.9 Å². The predicted octanol–water partition coefficient (Wildman–Crippen LogP) is 3.07. The monoisotopic (exact) mass is 422 g/mol. The summed E-state index contributed by atoms with van der Waals surface area (Å²) in [5.41, 5.74) is 3.85. The first kappa shape index (κ1) is 21.5. The number of urea groups is 1. The van der Waals surface area contributed by atoms with Crippen molar-refractivity contribution in [1.29, 1.82) is 0 Å². The fraction of sp³-hybridized carbons (Fsp3) is 0.480. The van der Waals surface area contributed by atoms with E-state index in [9.17, 15) is 4.79 Å². The topological polar surface area (TPSA) is 56.8 Å². The summed E-state index contributed by atoms with van der Waals surface area (Å²) in [6.07, 6.45) is 3.95. The van der Waals surface area contributed by atoms with E-state index in [1.165, 1.54) is 16.8 Å². The number of nitrogens with one attached hydrogen (secondary N) is 2. The van der Waals surface area contributed by atoms with Crippen LogP contribution in [0.15, 0.2) is 48.5 Å². The van der Waals surface area contributed by atoms with Crippen LogP contribution in [0.1, 0.15) is 24.0 Å². The quantitative estimate of drug-likeness (QED) is 0.610. The number of carbonyl (C=O) groups is 1. The molecular formula is C25H34N4O2. The molecule has 166 valence electrons. The molecule has 6 heteroatoms. The third-order valence-corrected chi connectivity index (χ3v) is 6.13. The molecule has 2 aliphatic heterocycles. The molecule has 0 unspecified atom stereocenters. The molecule has 0 saturated carbocycles. The third kappa shape index (κ3) is 6.37. The summed E-state index contributed by atoms with van der Waals surface area (Å²) in [6.45, 7) is 7.65. The van der Waals surface area contributed by atoms with Gasteiger partial charge >= 0.3 is 6.03 Å². The van der Waals surface area contributed by atoms with E-state index in [0.29, 0.717) is 6.54 Å². The van der Waals surface area contributed by atoms with Crippen LogP contribution in [0.2, 0.25) is 0 Å². The smallest absolute Gasteiger partial charge is 0.314 e. The Bertz CT molecular complexity index is 835. The predicted molar refractivity (Wildman–Crippen MR) is 125 cm³/mol. The summed E-state index contributed by atoms with van der Waals surface area (Å²) in [6, 6.07) is 16.9. The van der Waals surface area contributed by atoms with Gasteiger partial charge in [-0.3, -0.25) is 4.90 Å². The van der Waals surface area contributed by atoms with E-state index in [1.54, 1.807) is 0 Å². The third-order valence-electron chi connectivity index (χ3n) is 6.13. The minimum atomic E-state index is -0.0685. The van der Waals surface area contributed by atoms with Gasteiger partial charge in [-0.05, 0) is 55.1 Å². The molecule has 2 aliphatic rings. The number of fused-ring (bicyclic) bond motifs is 1. The SMILES string of the molecule is O=C(NCCCCN1CCN(c2ccccc2)CC1)NCCc1ccc2c(c1)CCO2. The van der Waals surface area contributed by atoms with E-state index in [0.717, 1.165) is 77.3 Å². The summed E-state index contributed by atoms with van der Waals surface area (Å²) >= 11 is 0. The summed E-state index contributed by atoms with van der Waals surface area (Å²) < 4.78 is 5.54. The second-order valence-electron chi connectivity index (χ2n) is 8.34. The number of anilines is 1. The Morgan fingerprint density at radius 3 is 2.58 bits per heavy atom. The molecule has 2 aromatic rings. The average molecular weight is 423 g/mol. The van der Waals surface area contributed by atoms with E-state index < -0.39 is 0 Å². The lowest BCUT2D eigenvalue weighted by Gasteiger charge is -2.36. The van der Waals surface area contributed by atoms with E-state index in [4.69, 9.17) is 4.74 Å². The van der Waals surface area contributed by atoms with Crippen molar-refractivity contribution in [2.75, 3.05) is 57.3 Å². The highest BCUT2D eigenvalue weighted by Gasteiger charge is 2.16. The van der Waals surface area contributed by atoms with E-state index in [-0.39, 0.29) is 6.03 Å². The number of nitrogens with zero attached hydrogens (tertiary/aromatic N) is 2. The second kappa shape index (κ2) is 11.0. The van der Waals surface area contributed by atoms with Gasteiger partial charge in [-0.2, -0.15) is 0 Å². The molecule has 31 heavy (non-hydrogen) atoms. The zero-order valence-corrected chi connectivity index (χ0v) is 18.3. The maximum atomic E-state index is 12.0. The van der Waals surface area contributed by atoms with Gasteiger partial charge in [0.2, 0.25) is 0 Å². The number of amides is 2.